The van der Waals surface area contributed by atoms with E-state index in [1.54, 1.807) is 11.3 Å². The van der Waals surface area contributed by atoms with E-state index >= 15 is 0 Å². The first-order chi connectivity index (χ1) is 9.31. The monoisotopic (exact) mass is 337 g/mol. The minimum absolute atomic E-state index is 0.568. The molecule has 3 rings (SSSR count). The maximum atomic E-state index is 5.80. The number of hydrogen-bond donors (Lipinski definition) is 1. The summed E-state index contributed by atoms with van der Waals surface area (Å²) in [6.07, 6.45) is 1.11. The third-order valence-corrected chi connectivity index (χ3v) is 5.01. The lowest BCUT2D eigenvalue weighted by Crippen LogP contribution is -2.30. The van der Waals surface area contributed by atoms with Gasteiger partial charge in [0.2, 0.25) is 0 Å². The van der Waals surface area contributed by atoms with Gasteiger partial charge in [0.05, 0.1) is 6.61 Å². The van der Waals surface area contributed by atoms with Gasteiger partial charge in [-0.05, 0) is 40.0 Å². The van der Waals surface area contributed by atoms with Crippen molar-refractivity contribution in [3.8, 4) is 5.75 Å². The van der Waals surface area contributed by atoms with Gasteiger partial charge >= 0.3 is 0 Å². The highest BCUT2D eigenvalue weighted by molar-refractivity contribution is 9.10. The Morgan fingerprint density at radius 3 is 3.11 bits per heavy atom. The van der Waals surface area contributed by atoms with Crippen molar-refractivity contribution in [1.29, 1.82) is 0 Å². The van der Waals surface area contributed by atoms with Gasteiger partial charge in [0.1, 0.15) is 5.75 Å². The quantitative estimate of drug-likeness (QED) is 0.914. The molecule has 1 N–H and O–H groups in total. The molecule has 0 saturated carbocycles. The molecule has 1 aromatic heterocycles. The highest BCUT2D eigenvalue weighted by Gasteiger charge is 2.18. The third kappa shape index (κ3) is 3.38. The SMILES string of the molecule is Brc1csc(CNCC2COc3ccccc3C2)c1. The van der Waals surface area contributed by atoms with Crippen LogP contribution in [0.15, 0.2) is 40.2 Å². The molecule has 2 aromatic rings. The van der Waals surface area contributed by atoms with Crippen LogP contribution in [0.4, 0.5) is 0 Å². The molecular weight excluding hydrogens is 322 g/mol. The van der Waals surface area contributed by atoms with Crippen LogP contribution in [-0.2, 0) is 13.0 Å². The predicted molar refractivity (Wildman–Crippen MR) is 82.9 cm³/mol. The van der Waals surface area contributed by atoms with Crippen molar-refractivity contribution in [2.24, 2.45) is 5.92 Å². The van der Waals surface area contributed by atoms with Crippen LogP contribution in [0.1, 0.15) is 10.4 Å². The lowest BCUT2D eigenvalue weighted by molar-refractivity contribution is 0.218. The van der Waals surface area contributed by atoms with Crippen molar-refractivity contribution < 1.29 is 4.74 Å². The van der Waals surface area contributed by atoms with Crippen LogP contribution < -0.4 is 10.1 Å². The van der Waals surface area contributed by atoms with Gasteiger partial charge in [0.15, 0.2) is 0 Å². The number of thiophene rings is 1. The van der Waals surface area contributed by atoms with E-state index < -0.39 is 0 Å². The molecule has 0 fully saturated rings. The molecule has 0 bridgehead atoms. The van der Waals surface area contributed by atoms with Gasteiger partial charge in [-0.15, -0.1) is 11.3 Å². The van der Waals surface area contributed by atoms with E-state index in [1.165, 1.54) is 14.9 Å². The van der Waals surface area contributed by atoms with Crippen molar-refractivity contribution in [2.45, 2.75) is 13.0 Å². The van der Waals surface area contributed by atoms with Crippen molar-refractivity contribution in [3.63, 3.8) is 0 Å². The Kier molecular flexibility index (Phi) is 4.21. The zero-order chi connectivity index (χ0) is 13.1. The number of nitrogens with one attached hydrogen (secondary N) is 1. The fourth-order valence-electron chi connectivity index (χ4n) is 2.37. The van der Waals surface area contributed by atoms with Gasteiger partial charge in [-0.25, -0.2) is 0 Å². The average Bonchev–Trinajstić information content (AvgIpc) is 2.84. The number of ether oxygens (including phenoxy) is 1. The molecule has 1 aliphatic rings. The van der Waals surface area contributed by atoms with Crippen LogP contribution in [0.3, 0.4) is 0 Å². The molecule has 1 aliphatic heterocycles. The van der Waals surface area contributed by atoms with E-state index in [2.05, 4.69) is 50.9 Å². The Balaban J connectivity index is 1.50. The van der Waals surface area contributed by atoms with Crippen molar-refractivity contribution >= 4 is 27.3 Å². The molecule has 0 saturated heterocycles. The summed E-state index contributed by atoms with van der Waals surface area (Å²) in [7, 11) is 0. The van der Waals surface area contributed by atoms with E-state index in [0.29, 0.717) is 5.92 Å². The number of para-hydroxylation sites is 1. The van der Waals surface area contributed by atoms with E-state index in [0.717, 1.165) is 31.9 Å². The fraction of sp³-hybridized carbons (Fsp3) is 0.333. The molecule has 0 aliphatic carbocycles. The van der Waals surface area contributed by atoms with E-state index in [4.69, 9.17) is 4.74 Å². The minimum atomic E-state index is 0.568. The van der Waals surface area contributed by atoms with Crippen LogP contribution in [0.25, 0.3) is 0 Å². The van der Waals surface area contributed by atoms with Crippen LogP contribution in [-0.4, -0.2) is 13.2 Å². The highest BCUT2D eigenvalue weighted by atomic mass is 79.9. The van der Waals surface area contributed by atoms with Gasteiger partial charge in [0, 0.05) is 33.7 Å². The molecule has 19 heavy (non-hydrogen) atoms. The van der Waals surface area contributed by atoms with Gasteiger partial charge in [-0.3, -0.25) is 0 Å². The molecule has 2 nitrogen and oxygen atoms in total. The summed E-state index contributed by atoms with van der Waals surface area (Å²) < 4.78 is 6.97. The van der Waals surface area contributed by atoms with Crippen molar-refractivity contribution in [1.82, 2.24) is 5.32 Å². The predicted octanol–water partition coefficient (Wildman–Crippen LogP) is 3.85. The Morgan fingerprint density at radius 1 is 1.37 bits per heavy atom. The minimum Gasteiger partial charge on any atom is -0.493 e. The zero-order valence-electron chi connectivity index (χ0n) is 10.6. The van der Waals surface area contributed by atoms with E-state index in [-0.39, 0.29) is 0 Å². The Hall–Kier alpha value is -0.840. The summed E-state index contributed by atoms with van der Waals surface area (Å²) in [6, 6.07) is 10.5. The van der Waals surface area contributed by atoms with Crippen molar-refractivity contribution in [2.75, 3.05) is 13.2 Å². The van der Waals surface area contributed by atoms with Crippen LogP contribution in [0, 0.1) is 5.92 Å². The summed E-state index contributed by atoms with van der Waals surface area (Å²) in [5.74, 6) is 1.62. The smallest absolute Gasteiger partial charge is 0.122 e. The molecule has 0 radical (unpaired) electrons. The molecule has 100 valence electrons. The third-order valence-electron chi connectivity index (χ3n) is 3.31. The van der Waals surface area contributed by atoms with E-state index in [1.807, 2.05) is 6.07 Å². The maximum Gasteiger partial charge on any atom is 0.122 e. The van der Waals surface area contributed by atoms with Crippen LogP contribution >= 0.6 is 27.3 Å². The second-order valence-electron chi connectivity index (χ2n) is 4.85. The molecule has 4 heteroatoms. The molecule has 1 unspecified atom stereocenters. The average molecular weight is 338 g/mol. The maximum absolute atomic E-state index is 5.80. The van der Waals surface area contributed by atoms with Gasteiger partial charge in [-0.2, -0.15) is 0 Å². The number of halogens is 1. The molecular formula is C15H16BrNOS. The Labute approximate surface area is 125 Å². The van der Waals surface area contributed by atoms with Crippen molar-refractivity contribution in [3.05, 3.63) is 50.6 Å². The summed E-state index contributed by atoms with van der Waals surface area (Å²) in [6.45, 7) is 2.76. The Morgan fingerprint density at radius 2 is 2.26 bits per heavy atom. The summed E-state index contributed by atoms with van der Waals surface area (Å²) in [5.41, 5.74) is 1.33. The molecule has 1 aromatic carbocycles. The fourth-order valence-corrected chi connectivity index (χ4v) is 3.79. The number of benzene rings is 1. The molecule has 0 amide bonds. The normalized spacial score (nSPS) is 17.8. The van der Waals surface area contributed by atoms with E-state index in [9.17, 15) is 0 Å². The largest absolute Gasteiger partial charge is 0.493 e. The van der Waals surface area contributed by atoms with Gasteiger partial charge in [0.25, 0.3) is 0 Å². The second-order valence-corrected chi connectivity index (χ2v) is 6.76. The zero-order valence-corrected chi connectivity index (χ0v) is 13.0. The molecule has 1 atom stereocenters. The van der Waals surface area contributed by atoms with Crippen LogP contribution in [0.5, 0.6) is 5.75 Å². The summed E-state index contributed by atoms with van der Waals surface area (Å²) in [4.78, 5) is 1.36. The second kappa shape index (κ2) is 6.07. The first kappa shape index (κ1) is 13.2. The first-order valence-corrected chi connectivity index (χ1v) is 8.13. The highest BCUT2D eigenvalue weighted by Crippen LogP contribution is 2.26. The topological polar surface area (TPSA) is 21.3 Å². The first-order valence-electron chi connectivity index (χ1n) is 6.45. The lowest BCUT2D eigenvalue weighted by atomic mass is 9.97. The Bertz CT molecular complexity index is 555. The number of rotatable bonds is 4. The summed E-state index contributed by atoms with van der Waals surface area (Å²) in [5, 5.41) is 5.65. The standard InChI is InChI=1S/C15H16BrNOS/c16-13-6-14(19-10-13)8-17-7-11-5-12-3-1-2-4-15(12)18-9-11/h1-4,6,10-11,17H,5,7-9H2. The van der Waals surface area contributed by atoms with Crippen LogP contribution in [0.2, 0.25) is 0 Å². The molecule has 0 spiro atoms. The number of hydrogen-bond acceptors (Lipinski definition) is 3. The molecule has 2 heterocycles. The van der Waals surface area contributed by atoms with Gasteiger partial charge in [-0.1, -0.05) is 18.2 Å². The number of fused-ring (bicyclic) bond motifs is 1. The van der Waals surface area contributed by atoms with Gasteiger partial charge < -0.3 is 10.1 Å². The summed E-state index contributed by atoms with van der Waals surface area (Å²) >= 11 is 5.27. The lowest BCUT2D eigenvalue weighted by Gasteiger charge is -2.25.